The highest BCUT2D eigenvalue weighted by Crippen LogP contribution is 2.24. The van der Waals surface area contributed by atoms with Crippen LogP contribution in [-0.4, -0.2) is 17.7 Å². The second-order valence-electron chi connectivity index (χ2n) is 7.87. The summed E-state index contributed by atoms with van der Waals surface area (Å²) in [5.74, 6) is 0. The van der Waals surface area contributed by atoms with E-state index in [9.17, 15) is 8.42 Å². The molecule has 2 aromatic carbocycles. The maximum Gasteiger partial charge on any atom is 0.261 e. The predicted molar refractivity (Wildman–Crippen MR) is 112 cm³/mol. The van der Waals surface area contributed by atoms with E-state index in [1.165, 1.54) is 22.1 Å². The monoisotopic (exact) mass is 394 g/mol. The van der Waals surface area contributed by atoms with Crippen molar-refractivity contribution >= 4 is 10.0 Å². The van der Waals surface area contributed by atoms with Crippen molar-refractivity contribution in [2.45, 2.75) is 44.3 Å². The second kappa shape index (κ2) is 8.25. The molecule has 5 heteroatoms. The highest BCUT2D eigenvalue weighted by Gasteiger charge is 2.26. The molecule has 0 amide bonds. The van der Waals surface area contributed by atoms with Crippen LogP contribution < -0.4 is 0 Å². The summed E-state index contributed by atoms with van der Waals surface area (Å²) in [4.78, 5) is 4.07. The van der Waals surface area contributed by atoms with Crippen molar-refractivity contribution < 1.29 is 8.42 Å². The fourth-order valence-electron chi connectivity index (χ4n) is 2.96. The van der Waals surface area contributed by atoms with Gasteiger partial charge in [0.25, 0.3) is 10.0 Å². The van der Waals surface area contributed by atoms with Gasteiger partial charge in [0.1, 0.15) is 0 Å². The summed E-state index contributed by atoms with van der Waals surface area (Å²) in [5.41, 5.74) is 3.16. The van der Waals surface area contributed by atoms with Gasteiger partial charge in [-0.1, -0.05) is 81.4 Å². The number of rotatable bonds is 6. The first-order chi connectivity index (χ1) is 13.3. The molecule has 0 saturated heterocycles. The minimum Gasteiger partial charge on any atom is -0.243 e. The molecule has 0 saturated carbocycles. The van der Waals surface area contributed by atoms with Crippen molar-refractivity contribution in [2.75, 3.05) is 0 Å². The van der Waals surface area contributed by atoms with Gasteiger partial charge < -0.3 is 0 Å². The van der Waals surface area contributed by atoms with Gasteiger partial charge in [-0.05, 0) is 34.2 Å². The summed E-state index contributed by atoms with van der Waals surface area (Å²) in [6, 6.07) is 22.7. The van der Waals surface area contributed by atoms with E-state index in [1.54, 1.807) is 12.1 Å². The van der Waals surface area contributed by atoms with Crippen LogP contribution >= 0.6 is 0 Å². The molecule has 0 spiro atoms. The Balaban J connectivity index is 1.92. The van der Waals surface area contributed by atoms with Gasteiger partial charge in [0, 0.05) is 19.3 Å². The Morgan fingerprint density at radius 3 is 1.89 bits per heavy atom. The normalized spacial score (nSPS) is 12.3. The summed E-state index contributed by atoms with van der Waals surface area (Å²) in [6.45, 7) is 7.07. The molecule has 0 bridgehead atoms. The molecule has 3 rings (SSSR count). The van der Waals surface area contributed by atoms with E-state index in [-0.39, 0.29) is 17.0 Å². The van der Waals surface area contributed by atoms with E-state index in [0.29, 0.717) is 6.54 Å². The van der Waals surface area contributed by atoms with Crippen LogP contribution in [0, 0.1) is 0 Å². The molecule has 0 radical (unpaired) electrons. The van der Waals surface area contributed by atoms with Crippen molar-refractivity contribution in [3.63, 3.8) is 0 Å². The third-order valence-electron chi connectivity index (χ3n) is 4.62. The minimum atomic E-state index is -3.71. The Morgan fingerprint density at radius 1 is 0.786 bits per heavy atom. The van der Waals surface area contributed by atoms with Crippen LogP contribution in [0.5, 0.6) is 0 Å². The quantitative estimate of drug-likeness (QED) is 0.605. The number of benzene rings is 2. The Morgan fingerprint density at radius 2 is 1.36 bits per heavy atom. The highest BCUT2D eigenvalue weighted by atomic mass is 32.2. The number of sulfonamides is 1. The topological polar surface area (TPSA) is 50.3 Å². The van der Waals surface area contributed by atoms with Crippen molar-refractivity contribution in [1.82, 2.24) is 9.29 Å². The number of pyridine rings is 1. The molecule has 0 aliphatic carbocycles. The van der Waals surface area contributed by atoms with Crippen LogP contribution in [0.15, 0.2) is 84.0 Å². The van der Waals surface area contributed by atoms with Crippen LogP contribution in [0.4, 0.5) is 0 Å². The molecule has 28 heavy (non-hydrogen) atoms. The standard InChI is InChI=1S/C23H26N2O2S/c1-23(2,3)21-14-12-20(13-15-21)18-25(17-19-9-5-4-6-10-19)28(26,27)22-11-7-8-16-24-22/h4-16H,17-18H2,1-3H3. The average molecular weight is 395 g/mol. The lowest BCUT2D eigenvalue weighted by molar-refractivity contribution is 0.399. The predicted octanol–water partition coefficient (Wildman–Crippen LogP) is 4.77. The molecule has 0 aliphatic rings. The third kappa shape index (κ3) is 4.86. The van der Waals surface area contributed by atoms with E-state index < -0.39 is 10.0 Å². The van der Waals surface area contributed by atoms with Gasteiger partial charge >= 0.3 is 0 Å². The van der Waals surface area contributed by atoms with Crippen molar-refractivity contribution in [3.8, 4) is 0 Å². The molecule has 0 N–H and O–H groups in total. The molecule has 1 aromatic heterocycles. The molecule has 3 aromatic rings. The number of nitrogens with zero attached hydrogens (tertiary/aromatic N) is 2. The summed E-state index contributed by atoms with van der Waals surface area (Å²) < 4.78 is 27.9. The minimum absolute atomic E-state index is 0.0578. The first-order valence-corrected chi connectivity index (χ1v) is 10.8. The van der Waals surface area contributed by atoms with Crippen LogP contribution in [0.2, 0.25) is 0 Å². The van der Waals surface area contributed by atoms with Crippen molar-refractivity contribution in [1.29, 1.82) is 0 Å². The lowest BCUT2D eigenvalue weighted by Crippen LogP contribution is -2.31. The average Bonchev–Trinajstić information content (AvgIpc) is 2.69. The molecular formula is C23H26N2O2S. The number of hydrogen-bond acceptors (Lipinski definition) is 3. The Bertz CT molecular complexity index is 994. The highest BCUT2D eigenvalue weighted by molar-refractivity contribution is 7.89. The maximum absolute atomic E-state index is 13.2. The SMILES string of the molecule is CC(C)(C)c1ccc(CN(Cc2ccccc2)S(=O)(=O)c2ccccn2)cc1. The largest absolute Gasteiger partial charge is 0.261 e. The molecule has 0 atom stereocenters. The first-order valence-electron chi connectivity index (χ1n) is 9.31. The molecule has 0 unspecified atom stereocenters. The third-order valence-corrected chi connectivity index (χ3v) is 6.33. The Kier molecular flexibility index (Phi) is 5.96. The smallest absolute Gasteiger partial charge is 0.243 e. The lowest BCUT2D eigenvalue weighted by atomic mass is 9.87. The summed E-state index contributed by atoms with van der Waals surface area (Å²) in [5, 5.41) is 0.0669. The Hall–Kier alpha value is -2.50. The van der Waals surface area contributed by atoms with Gasteiger partial charge in [0.2, 0.25) is 0 Å². The van der Waals surface area contributed by atoms with E-state index in [0.717, 1.165) is 11.1 Å². The van der Waals surface area contributed by atoms with Crippen LogP contribution in [-0.2, 0) is 28.5 Å². The molecule has 4 nitrogen and oxygen atoms in total. The van der Waals surface area contributed by atoms with E-state index >= 15 is 0 Å². The zero-order valence-corrected chi connectivity index (χ0v) is 17.4. The second-order valence-corrected chi connectivity index (χ2v) is 9.76. The molecule has 0 aliphatic heterocycles. The number of aromatic nitrogens is 1. The van der Waals surface area contributed by atoms with Gasteiger partial charge in [-0.2, -0.15) is 4.31 Å². The van der Waals surface area contributed by atoms with Crippen LogP contribution in [0.1, 0.15) is 37.5 Å². The zero-order chi connectivity index (χ0) is 20.2. The van der Waals surface area contributed by atoms with Crippen LogP contribution in [0.25, 0.3) is 0 Å². The molecule has 0 fully saturated rings. The first kappa shape index (κ1) is 20.2. The summed E-state index contributed by atoms with van der Waals surface area (Å²) >= 11 is 0. The zero-order valence-electron chi connectivity index (χ0n) is 16.5. The summed E-state index contributed by atoms with van der Waals surface area (Å²) in [6.07, 6.45) is 1.51. The maximum atomic E-state index is 13.2. The van der Waals surface area contributed by atoms with Gasteiger partial charge in [0.05, 0.1) is 0 Å². The van der Waals surface area contributed by atoms with E-state index in [2.05, 4.69) is 37.9 Å². The van der Waals surface area contributed by atoms with Gasteiger partial charge in [-0.25, -0.2) is 13.4 Å². The van der Waals surface area contributed by atoms with E-state index in [1.807, 2.05) is 42.5 Å². The Labute approximate surface area is 167 Å². The van der Waals surface area contributed by atoms with Crippen molar-refractivity contribution in [3.05, 3.63) is 95.7 Å². The van der Waals surface area contributed by atoms with Gasteiger partial charge in [0.15, 0.2) is 5.03 Å². The fraction of sp³-hybridized carbons (Fsp3) is 0.261. The van der Waals surface area contributed by atoms with Gasteiger partial charge in [-0.15, -0.1) is 0 Å². The molecule has 1 heterocycles. The van der Waals surface area contributed by atoms with E-state index in [4.69, 9.17) is 0 Å². The number of hydrogen-bond donors (Lipinski definition) is 0. The molecular weight excluding hydrogens is 368 g/mol. The lowest BCUT2D eigenvalue weighted by Gasteiger charge is -2.23. The molecule has 146 valence electrons. The van der Waals surface area contributed by atoms with Crippen LogP contribution in [0.3, 0.4) is 0 Å². The fourth-order valence-corrected chi connectivity index (χ4v) is 4.31. The van der Waals surface area contributed by atoms with Gasteiger partial charge in [-0.3, -0.25) is 0 Å². The van der Waals surface area contributed by atoms with Crippen molar-refractivity contribution in [2.24, 2.45) is 0 Å². The summed E-state index contributed by atoms with van der Waals surface area (Å²) in [7, 11) is -3.71.